The Morgan fingerprint density at radius 3 is 2.81 bits per heavy atom. The van der Waals surface area contributed by atoms with Crippen molar-refractivity contribution in [3.05, 3.63) is 59.4 Å². The molecule has 0 radical (unpaired) electrons. The number of carbonyl (C=O) groups is 1. The van der Waals surface area contributed by atoms with Crippen molar-refractivity contribution in [2.24, 2.45) is 0 Å². The van der Waals surface area contributed by atoms with Gasteiger partial charge in [0.25, 0.3) is 5.91 Å². The second kappa shape index (κ2) is 7.34. The highest BCUT2D eigenvalue weighted by atomic mass is 19.1. The molecule has 0 spiro atoms. The van der Waals surface area contributed by atoms with Gasteiger partial charge in [-0.25, -0.2) is 4.39 Å². The van der Waals surface area contributed by atoms with E-state index < -0.39 is 0 Å². The second-order valence-electron chi connectivity index (χ2n) is 6.71. The third-order valence-electron chi connectivity index (χ3n) is 4.79. The fourth-order valence-corrected chi connectivity index (χ4v) is 3.44. The second-order valence-corrected chi connectivity index (χ2v) is 6.71. The topological polar surface area (TPSA) is 72.4 Å². The van der Waals surface area contributed by atoms with Crippen LogP contribution in [-0.4, -0.2) is 27.7 Å². The summed E-state index contributed by atoms with van der Waals surface area (Å²) in [5.74, 6) is 0.742. The van der Waals surface area contributed by atoms with Crippen molar-refractivity contribution in [3.63, 3.8) is 0 Å². The number of rotatable bonds is 5. The van der Waals surface area contributed by atoms with E-state index in [1.807, 2.05) is 6.07 Å². The van der Waals surface area contributed by atoms with Gasteiger partial charge in [-0.05, 0) is 43.5 Å². The van der Waals surface area contributed by atoms with Gasteiger partial charge in [0.1, 0.15) is 17.3 Å². The lowest BCUT2D eigenvalue weighted by molar-refractivity contribution is 0.0720. The summed E-state index contributed by atoms with van der Waals surface area (Å²) < 4.78 is 23.7. The number of aromatic nitrogens is 2. The highest BCUT2D eigenvalue weighted by Crippen LogP contribution is 2.33. The van der Waals surface area contributed by atoms with Crippen molar-refractivity contribution in [1.82, 2.24) is 15.2 Å². The lowest BCUT2D eigenvalue weighted by Gasteiger charge is -2.21. The SMILES string of the molecule is CCCc1cc([C@H]2CCCN2C(=O)c2cc(-c3ccc(F)cc3)on2)no1. The predicted octanol–water partition coefficient (Wildman–Crippen LogP) is 4.40. The van der Waals surface area contributed by atoms with Crippen LogP contribution in [0, 0.1) is 5.82 Å². The van der Waals surface area contributed by atoms with Gasteiger partial charge in [0.15, 0.2) is 11.5 Å². The van der Waals surface area contributed by atoms with Gasteiger partial charge in [0.05, 0.1) is 6.04 Å². The molecule has 27 heavy (non-hydrogen) atoms. The van der Waals surface area contributed by atoms with E-state index >= 15 is 0 Å². The van der Waals surface area contributed by atoms with Crippen LogP contribution in [0.25, 0.3) is 11.3 Å². The molecular formula is C20H20FN3O3. The van der Waals surface area contributed by atoms with Crippen molar-refractivity contribution in [2.75, 3.05) is 6.54 Å². The average molecular weight is 369 g/mol. The molecule has 4 rings (SSSR count). The van der Waals surface area contributed by atoms with Crippen LogP contribution in [0.5, 0.6) is 0 Å². The molecule has 1 fully saturated rings. The molecule has 0 unspecified atom stereocenters. The molecule has 6 nitrogen and oxygen atoms in total. The van der Waals surface area contributed by atoms with E-state index in [0.29, 0.717) is 17.9 Å². The molecule has 1 amide bonds. The van der Waals surface area contributed by atoms with Gasteiger partial charge in [-0.3, -0.25) is 4.79 Å². The smallest absolute Gasteiger partial charge is 0.276 e. The van der Waals surface area contributed by atoms with E-state index in [1.54, 1.807) is 23.1 Å². The lowest BCUT2D eigenvalue weighted by atomic mass is 10.1. The van der Waals surface area contributed by atoms with Crippen LogP contribution < -0.4 is 0 Å². The maximum atomic E-state index is 13.1. The number of hydrogen-bond acceptors (Lipinski definition) is 5. The van der Waals surface area contributed by atoms with Gasteiger partial charge in [-0.1, -0.05) is 17.2 Å². The summed E-state index contributed by atoms with van der Waals surface area (Å²) in [4.78, 5) is 14.7. The summed E-state index contributed by atoms with van der Waals surface area (Å²) in [6.45, 7) is 2.72. The van der Waals surface area contributed by atoms with Crippen LogP contribution in [0.4, 0.5) is 4.39 Å². The Morgan fingerprint density at radius 2 is 2.04 bits per heavy atom. The fourth-order valence-electron chi connectivity index (χ4n) is 3.44. The van der Waals surface area contributed by atoms with E-state index in [0.717, 1.165) is 37.1 Å². The Morgan fingerprint density at radius 1 is 1.22 bits per heavy atom. The molecule has 0 saturated carbocycles. The van der Waals surface area contributed by atoms with Gasteiger partial charge >= 0.3 is 0 Å². The summed E-state index contributed by atoms with van der Waals surface area (Å²) in [6, 6.07) is 9.28. The van der Waals surface area contributed by atoms with Crippen LogP contribution >= 0.6 is 0 Å². The van der Waals surface area contributed by atoms with Crippen molar-refractivity contribution < 1.29 is 18.2 Å². The Bertz CT molecular complexity index is 932. The molecule has 1 atom stereocenters. The Hall–Kier alpha value is -2.96. The van der Waals surface area contributed by atoms with Crippen molar-refractivity contribution in [1.29, 1.82) is 0 Å². The predicted molar refractivity (Wildman–Crippen MR) is 95.4 cm³/mol. The maximum Gasteiger partial charge on any atom is 0.276 e. The van der Waals surface area contributed by atoms with E-state index in [-0.39, 0.29) is 23.5 Å². The fraction of sp³-hybridized carbons (Fsp3) is 0.350. The van der Waals surface area contributed by atoms with Gasteiger partial charge < -0.3 is 13.9 Å². The normalized spacial score (nSPS) is 16.8. The molecular weight excluding hydrogens is 349 g/mol. The number of halogens is 1. The third-order valence-corrected chi connectivity index (χ3v) is 4.79. The lowest BCUT2D eigenvalue weighted by Crippen LogP contribution is -2.30. The standard InChI is InChI=1S/C20H20FN3O3/c1-2-4-15-11-16(22-26-15)18-5-3-10-24(18)20(25)17-12-19(27-23-17)13-6-8-14(21)9-7-13/h6-9,11-12,18H,2-5,10H2,1H3/t18-/m1/s1. The Labute approximate surface area is 155 Å². The number of aryl methyl sites for hydroxylation is 1. The number of likely N-dealkylation sites (tertiary alicyclic amines) is 1. The third kappa shape index (κ3) is 3.49. The Kier molecular flexibility index (Phi) is 4.75. The molecule has 140 valence electrons. The minimum atomic E-state index is -0.329. The summed E-state index contributed by atoms with van der Waals surface area (Å²) in [5, 5.41) is 8.07. The van der Waals surface area contributed by atoms with Crippen molar-refractivity contribution >= 4 is 5.91 Å². The summed E-state index contributed by atoms with van der Waals surface area (Å²) in [5.41, 5.74) is 1.69. The van der Waals surface area contributed by atoms with Gasteiger partial charge in [-0.2, -0.15) is 0 Å². The molecule has 1 saturated heterocycles. The molecule has 0 bridgehead atoms. The highest BCUT2D eigenvalue weighted by Gasteiger charge is 2.34. The first-order chi connectivity index (χ1) is 13.2. The van der Waals surface area contributed by atoms with Crippen LogP contribution in [-0.2, 0) is 6.42 Å². The van der Waals surface area contributed by atoms with Gasteiger partial charge in [-0.15, -0.1) is 0 Å². The Balaban J connectivity index is 1.53. The zero-order chi connectivity index (χ0) is 18.8. The van der Waals surface area contributed by atoms with Crippen LogP contribution in [0.15, 0.2) is 45.4 Å². The monoisotopic (exact) mass is 369 g/mol. The summed E-state index contributed by atoms with van der Waals surface area (Å²) in [7, 11) is 0. The van der Waals surface area contributed by atoms with E-state index in [4.69, 9.17) is 9.05 Å². The maximum absolute atomic E-state index is 13.1. The van der Waals surface area contributed by atoms with Gasteiger partial charge in [0, 0.05) is 30.7 Å². The molecule has 1 aromatic carbocycles. The summed E-state index contributed by atoms with van der Waals surface area (Å²) in [6.07, 6.45) is 3.55. The molecule has 3 aromatic rings. The minimum absolute atomic E-state index is 0.113. The molecule has 0 aliphatic carbocycles. The van der Waals surface area contributed by atoms with E-state index in [1.165, 1.54) is 12.1 Å². The molecule has 1 aliphatic rings. The molecule has 0 N–H and O–H groups in total. The van der Waals surface area contributed by atoms with Crippen LogP contribution in [0.3, 0.4) is 0 Å². The number of nitrogens with zero attached hydrogens (tertiary/aromatic N) is 3. The minimum Gasteiger partial charge on any atom is -0.361 e. The van der Waals surface area contributed by atoms with Crippen molar-refractivity contribution in [2.45, 2.75) is 38.6 Å². The first-order valence-electron chi connectivity index (χ1n) is 9.15. The quantitative estimate of drug-likeness (QED) is 0.667. The van der Waals surface area contributed by atoms with Crippen LogP contribution in [0.2, 0.25) is 0 Å². The van der Waals surface area contributed by atoms with Gasteiger partial charge in [0.2, 0.25) is 0 Å². The van der Waals surface area contributed by atoms with E-state index in [9.17, 15) is 9.18 Å². The molecule has 1 aliphatic heterocycles. The van der Waals surface area contributed by atoms with Crippen LogP contribution in [0.1, 0.15) is 54.2 Å². The molecule has 2 aromatic heterocycles. The van der Waals surface area contributed by atoms with E-state index in [2.05, 4.69) is 17.2 Å². The highest BCUT2D eigenvalue weighted by molar-refractivity contribution is 5.93. The number of benzene rings is 1. The summed E-state index contributed by atoms with van der Waals surface area (Å²) >= 11 is 0. The number of hydrogen-bond donors (Lipinski definition) is 0. The zero-order valence-corrected chi connectivity index (χ0v) is 15.0. The first-order valence-corrected chi connectivity index (χ1v) is 9.15. The van der Waals surface area contributed by atoms with Crippen molar-refractivity contribution in [3.8, 4) is 11.3 Å². The molecule has 7 heteroatoms. The number of carbonyl (C=O) groups excluding carboxylic acids is 1. The number of amides is 1. The first kappa shape index (κ1) is 17.5. The molecule has 3 heterocycles. The zero-order valence-electron chi connectivity index (χ0n) is 15.0. The average Bonchev–Trinajstić information content (AvgIpc) is 3.42. The largest absolute Gasteiger partial charge is 0.361 e.